The number of nitrogens with zero attached hydrogens (tertiary/aromatic N) is 1. The van der Waals surface area contributed by atoms with Gasteiger partial charge in [-0.15, -0.1) is 0 Å². The lowest BCUT2D eigenvalue weighted by molar-refractivity contribution is -0.117. The fourth-order valence-corrected chi connectivity index (χ4v) is 2.05. The first-order valence-corrected chi connectivity index (χ1v) is 6.37. The van der Waals surface area contributed by atoms with E-state index in [9.17, 15) is 9.36 Å². The molecule has 96 valence electrons. The Hall–Kier alpha value is -1.41. The van der Waals surface area contributed by atoms with Gasteiger partial charge in [-0.25, -0.2) is 0 Å². The van der Waals surface area contributed by atoms with Crippen molar-refractivity contribution in [2.75, 3.05) is 6.16 Å². The van der Waals surface area contributed by atoms with Crippen LogP contribution in [0.5, 0.6) is 0 Å². The van der Waals surface area contributed by atoms with Gasteiger partial charge < -0.3 is 15.1 Å². The second-order valence-electron chi connectivity index (χ2n) is 3.73. The molecule has 0 unspecified atom stereocenters. The number of rotatable bonds is 4. The van der Waals surface area contributed by atoms with E-state index in [4.69, 9.17) is 15.0 Å². The maximum Gasteiger partial charge on any atom is 0.327 e. The fraction of sp³-hybridized carbons (Fsp3) is 0.400. The van der Waals surface area contributed by atoms with Crippen LogP contribution in [0.2, 0.25) is 0 Å². The lowest BCUT2D eigenvalue weighted by Crippen LogP contribution is -2.45. The average molecular weight is 260 g/mol. The zero-order valence-corrected chi connectivity index (χ0v) is 10.8. The van der Waals surface area contributed by atoms with Crippen LogP contribution in [-0.4, -0.2) is 27.4 Å². The summed E-state index contributed by atoms with van der Waals surface area (Å²) in [5.41, 5.74) is -0.926. The number of hydrogen-bond acceptors (Lipinski definition) is 3. The Morgan fingerprint density at radius 2 is 1.94 bits per heavy atom. The summed E-state index contributed by atoms with van der Waals surface area (Å²) in [7, 11) is -4.10. The minimum absolute atomic E-state index is 0.389. The molecular formula is C10H17N2O4P. The summed E-state index contributed by atoms with van der Waals surface area (Å²) >= 11 is 0. The van der Waals surface area contributed by atoms with Crippen LogP contribution in [0.15, 0.2) is 25.3 Å². The molecule has 0 aliphatic rings. The molecule has 0 aromatic carbocycles. The highest BCUT2D eigenvalue weighted by atomic mass is 31.2. The number of allylic oxidation sites excluding steroid dienone is 1. The molecule has 3 N–H and O–H groups in total. The van der Waals surface area contributed by atoms with Crippen LogP contribution < -0.4 is 5.32 Å². The van der Waals surface area contributed by atoms with Gasteiger partial charge in [0.2, 0.25) is 5.91 Å². The number of amides is 1. The normalized spacial score (nSPS) is 10.3. The molecule has 0 aliphatic carbocycles. The smallest absolute Gasteiger partial charge is 0.327 e. The molecule has 0 fully saturated rings. The molecule has 0 aromatic heterocycles. The van der Waals surface area contributed by atoms with Gasteiger partial charge >= 0.3 is 7.60 Å². The molecule has 0 heterocycles. The van der Waals surface area contributed by atoms with E-state index in [1.54, 1.807) is 6.07 Å². The average Bonchev–Trinajstić information content (AvgIpc) is 2.13. The quantitative estimate of drug-likeness (QED) is 0.396. The molecular weight excluding hydrogens is 243 g/mol. The van der Waals surface area contributed by atoms with Crippen molar-refractivity contribution < 1.29 is 19.1 Å². The first-order valence-electron chi connectivity index (χ1n) is 4.57. The van der Waals surface area contributed by atoms with Crippen molar-refractivity contribution in [2.24, 2.45) is 0 Å². The maximum absolute atomic E-state index is 10.8. The highest BCUT2D eigenvalue weighted by Crippen LogP contribution is 2.37. The van der Waals surface area contributed by atoms with Gasteiger partial charge in [-0.1, -0.05) is 13.2 Å². The summed E-state index contributed by atoms with van der Waals surface area (Å²) < 4.78 is 10.6. The molecule has 0 saturated heterocycles. The molecule has 0 aliphatic heterocycles. The number of nitrogens with one attached hydrogen (secondary N) is 1. The molecule has 0 spiro atoms. The van der Waals surface area contributed by atoms with Crippen molar-refractivity contribution in [3.05, 3.63) is 25.3 Å². The summed E-state index contributed by atoms with van der Waals surface area (Å²) in [6.45, 7) is 9.42. The third-order valence-corrected chi connectivity index (χ3v) is 2.54. The third kappa shape index (κ3) is 14.6. The molecule has 0 bridgehead atoms. The van der Waals surface area contributed by atoms with Crippen LogP contribution in [0.1, 0.15) is 13.8 Å². The highest BCUT2D eigenvalue weighted by Gasteiger charge is 2.28. The third-order valence-electron chi connectivity index (χ3n) is 1.34. The number of carbonyl (C=O) groups excluding carboxylic acids is 1. The van der Waals surface area contributed by atoms with E-state index in [1.807, 2.05) is 0 Å². The van der Waals surface area contributed by atoms with Crippen LogP contribution in [0.3, 0.4) is 0 Å². The predicted octanol–water partition coefficient (Wildman–Crippen LogP) is 0.941. The van der Waals surface area contributed by atoms with Crippen LogP contribution in [0, 0.1) is 11.3 Å². The van der Waals surface area contributed by atoms with Crippen molar-refractivity contribution in [3.63, 3.8) is 0 Å². The van der Waals surface area contributed by atoms with Crippen LogP contribution >= 0.6 is 7.60 Å². The SMILES string of the molecule is C=CC#N.C=CC(=O)NC(C)(C)CP(=O)(O)O. The van der Waals surface area contributed by atoms with E-state index in [1.165, 1.54) is 19.9 Å². The Bertz CT molecular complexity index is 365. The molecule has 0 saturated carbocycles. The Labute approximate surface area is 101 Å². The zero-order chi connectivity index (χ0) is 14.1. The van der Waals surface area contributed by atoms with Gasteiger partial charge in [-0.05, 0) is 19.9 Å². The fourth-order valence-electron chi connectivity index (χ4n) is 0.939. The van der Waals surface area contributed by atoms with E-state index < -0.39 is 19.0 Å². The number of carbonyl (C=O) groups is 1. The summed E-state index contributed by atoms with van der Waals surface area (Å²) in [5.74, 6) is -0.446. The largest absolute Gasteiger partial charge is 0.347 e. The molecule has 0 rings (SSSR count). The molecule has 17 heavy (non-hydrogen) atoms. The standard InChI is InChI=1S/C7H14NO4P.C3H3N/c1-4-6(9)8-7(2,3)5-13(10,11)12;1-2-3-4/h4H,1,5H2,2-3H3,(H,8,9)(H2,10,11,12);2H,1H2. The molecule has 7 heteroatoms. The van der Waals surface area contributed by atoms with E-state index in [0.29, 0.717) is 0 Å². The minimum Gasteiger partial charge on any atom is -0.347 e. The van der Waals surface area contributed by atoms with Crippen molar-refractivity contribution >= 4 is 13.5 Å². The van der Waals surface area contributed by atoms with Crippen LogP contribution in [0.25, 0.3) is 0 Å². The van der Waals surface area contributed by atoms with E-state index >= 15 is 0 Å². The lowest BCUT2D eigenvalue weighted by atomic mass is 10.1. The second-order valence-corrected chi connectivity index (χ2v) is 5.38. The van der Waals surface area contributed by atoms with E-state index in [-0.39, 0.29) is 6.16 Å². The van der Waals surface area contributed by atoms with Gasteiger partial charge in [0.05, 0.1) is 12.2 Å². The first-order chi connectivity index (χ1) is 7.58. The molecule has 0 aromatic rings. The van der Waals surface area contributed by atoms with Gasteiger partial charge in [0.15, 0.2) is 0 Å². The van der Waals surface area contributed by atoms with Gasteiger partial charge in [0.1, 0.15) is 0 Å². The molecule has 0 radical (unpaired) electrons. The first kappa shape index (κ1) is 18.0. The van der Waals surface area contributed by atoms with Gasteiger partial charge in [-0.3, -0.25) is 9.36 Å². The topological polar surface area (TPSA) is 110 Å². The minimum atomic E-state index is -4.10. The van der Waals surface area contributed by atoms with E-state index in [0.717, 1.165) is 6.08 Å². The van der Waals surface area contributed by atoms with Crippen LogP contribution in [-0.2, 0) is 9.36 Å². The lowest BCUT2D eigenvalue weighted by Gasteiger charge is -2.25. The Kier molecular flexibility index (Phi) is 8.24. The van der Waals surface area contributed by atoms with Crippen molar-refractivity contribution in [1.29, 1.82) is 5.26 Å². The van der Waals surface area contributed by atoms with Crippen molar-refractivity contribution in [3.8, 4) is 6.07 Å². The Morgan fingerprint density at radius 1 is 1.53 bits per heavy atom. The summed E-state index contributed by atoms with van der Waals surface area (Å²) in [5, 5.41) is 9.92. The van der Waals surface area contributed by atoms with Gasteiger partial charge in [-0.2, -0.15) is 5.26 Å². The Balaban J connectivity index is 0. The predicted molar refractivity (Wildman–Crippen MR) is 65.1 cm³/mol. The summed E-state index contributed by atoms with van der Waals surface area (Å²) in [6, 6.07) is 1.69. The molecule has 6 nitrogen and oxygen atoms in total. The zero-order valence-electron chi connectivity index (χ0n) is 9.88. The summed E-state index contributed by atoms with van der Waals surface area (Å²) in [4.78, 5) is 28.2. The van der Waals surface area contributed by atoms with E-state index in [2.05, 4.69) is 18.5 Å². The number of hydrogen-bond donors (Lipinski definition) is 3. The van der Waals surface area contributed by atoms with Crippen molar-refractivity contribution in [1.82, 2.24) is 5.32 Å². The summed E-state index contributed by atoms with van der Waals surface area (Å²) in [6.07, 6.45) is 1.85. The number of nitriles is 1. The molecule has 1 amide bonds. The highest BCUT2D eigenvalue weighted by molar-refractivity contribution is 7.51. The van der Waals surface area contributed by atoms with Crippen LogP contribution in [0.4, 0.5) is 0 Å². The monoisotopic (exact) mass is 260 g/mol. The second kappa shape index (κ2) is 7.80. The maximum atomic E-state index is 10.8. The Morgan fingerprint density at radius 3 is 2.18 bits per heavy atom. The van der Waals surface area contributed by atoms with Gasteiger partial charge in [0, 0.05) is 11.6 Å². The molecule has 0 atom stereocenters. The van der Waals surface area contributed by atoms with Gasteiger partial charge in [0.25, 0.3) is 0 Å². The van der Waals surface area contributed by atoms with Crippen molar-refractivity contribution in [2.45, 2.75) is 19.4 Å².